The van der Waals surface area contributed by atoms with Crippen LogP contribution >= 0.6 is 0 Å². The van der Waals surface area contributed by atoms with Gasteiger partial charge in [0.1, 0.15) is 52.3 Å². The van der Waals surface area contributed by atoms with Gasteiger partial charge in [-0.05, 0) is 118 Å². The van der Waals surface area contributed by atoms with E-state index in [0.717, 1.165) is 190 Å². The summed E-state index contributed by atoms with van der Waals surface area (Å²) in [6.07, 6.45) is 18.2. The van der Waals surface area contributed by atoms with Crippen molar-refractivity contribution in [3.05, 3.63) is 93.0 Å². The van der Waals surface area contributed by atoms with E-state index in [1.807, 2.05) is 24.3 Å². The molecule has 4 saturated heterocycles. The molecule has 120 heavy (non-hydrogen) atoms. The first kappa shape index (κ1) is 93.1. The van der Waals surface area contributed by atoms with Gasteiger partial charge in [-0.25, -0.2) is 8.42 Å². The number of hydrogen-bond donors (Lipinski definition) is 7. The fraction of sp³-hybridized carbons (Fsp3) is 0.667. The second-order valence-corrected chi connectivity index (χ2v) is 40.9. The van der Waals surface area contributed by atoms with Crippen LogP contribution in [0, 0.1) is 23.7 Å². The average molecular weight is 1840 g/mol. The zero-order valence-corrected chi connectivity index (χ0v) is 79.4. The van der Waals surface area contributed by atoms with Crippen LogP contribution in [-0.2, 0) is 90.7 Å². The Bertz CT molecular complexity index is 4370. The summed E-state index contributed by atoms with van der Waals surface area (Å²) >= 11 is 2.89. The van der Waals surface area contributed by atoms with Crippen molar-refractivity contribution in [3.8, 4) is 46.0 Å². The molecule has 4 aromatic rings. The topological polar surface area (TPSA) is 386 Å². The number of hydrogen-bond acceptors (Lipinski definition) is 23. The van der Waals surface area contributed by atoms with Gasteiger partial charge in [0, 0.05) is 123 Å². The number of piperidine rings is 4. The maximum atomic E-state index is 12.8. The molecule has 20 aliphatic rings. The third-order valence-corrected chi connectivity index (χ3v) is 33.5. The molecule has 640 valence electrons. The number of carbonyl (C=O) groups excluding carboxylic acids is 5. The Morgan fingerprint density at radius 3 is 0.875 bits per heavy atom. The second-order valence-electron chi connectivity index (χ2n) is 39.4. The van der Waals surface area contributed by atoms with Gasteiger partial charge in [0.05, 0.1) is 108 Å². The first-order chi connectivity index (χ1) is 55.0. The monoisotopic (exact) mass is 1840 g/mol. The van der Waals surface area contributed by atoms with E-state index in [0.29, 0.717) is 80.6 Å². The molecule has 0 amide bonds. The molecule has 0 aromatic heterocycles. The molecule has 4 spiro atoms. The fourth-order valence-electron chi connectivity index (χ4n) is 27.7. The Balaban J connectivity index is 0.000000124. The van der Waals surface area contributed by atoms with Crippen molar-refractivity contribution in [2.75, 3.05) is 86.8 Å². The summed E-state index contributed by atoms with van der Waals surface area (Å²) in [5, 5.41) is 110. The normalized spacial score (nSPS) is 40.0. The molecule has 20 atom stereocenters. The average Bonchev–Trinajstić information content (AvgIpc) is 1.03. The van der Waals surface area contributed by atoms with Crippen LogP contribution in [0.5, 0.6) is 46.0 Å². The minimum atomic E-state index is -3.72. The molecule has 12 fully saturated rings. The summed E-state index contributed by atoms with van der Waals surface area (Å²) in [5.41, 5.74) is 1.80. The molecule has 8 heterocycles. The molecular weight excluding hydrogens is 1730 g/mol. The number of nitrogens with zero attached hydrogens (tertiary/aromatic N) is 4. The number of aliphatic hydroxyl groups is 4. The van der Waals surface area contributed by atoms with E-state index in [-0.39, 0.29) is 148 Å². The molecule has 33 heteroatoms. The minimum absolute atomic E-state index is 0. The number of phenols is 3. The number of quaternary nitrogens is 4. The zero-order valence-electron chi connectivity index (χ0n) is 69.4. The predicted molar refractivity (Wildman–Crippen MR) is 416 cm³/mol. The summed E-state index contributed by atoms with van der Waals surface area (Å²) in [6.45, 7) is 8.15. The van der Waals surface area contributed by atoms with E-state index >= 15 is 0 Å². The van der Waals surface area contributed by atoms with Gasteiger partial charge in [0.15, 0.2) is 82.0 Å². The summed E-state index contributed by atoms with van der Waals surface area (Å²) in [7, 11) is 5.50. The van der Waals surface area contributed by atoms with Gasteiger partial charge in [0.2, 0.25) is 0 Å². The number of Topliss-reactive ketones (excluding diaryl/α,β-unsaturated/α-hetero) is 4. The van der Waals surface area contributed by atoms with Crippen molar-refractivity contribution >= 4 is 83.3 Å². The third-order valence-electron chi connectivity index (χ3n) is 33.3. The maximum absolute atomic E-state index is 12.8. The number of likely N-dealkylation sites (tertiary alicyclic amines) is 4. The standard InChI is InChI=1S/4C21H25NO4.CH4O4S.CH2O3.CH4.2BrH.3Na/c4*1-22(11-12-2-3-12)9-8-20-17-13-4-5-14(23)18(17)26-19(20)15(24)6-7-21(20,25)16(22)10-13;1-6(3,4)5-2;2-1-4-3;;;;;;/h4*4-5,12,16,19,25H,2-3,6-11H2,1H3;2H,1H3;1,3H;1H4;2*1H;;;/q;;;;;;;;;;;+1/p-1/t4*16-,19?,20+,21-,22?;;;;;;;;/m1111......../s1. The van der Waals surface area contributed by atoms with E-state index in [1.54, 1.807) is 24.3 Å². The molecule has 8 unspecified atom stereocenters. The van der Waals surface area contributed by atoms with E-state index < -0.39 is 78.6 Å². The molecule has 24 rings (SSSR count). The Labute approximate surface area is 772 Å². The van der Waals surface area contributed by atoms with Crippen LogP contribution in [0.2, 0.25) is 0 Å². The molecule has 4 aromatic carbocycles. The summed E-state index contributed by atoms with van der Waals surface area (Å²) < 4.78 is 49.4. The number of halogens is 2. The van der Waals surface area contributed by atoms with Crippen molar-refractivity contribution in [2.45, 2.75) is 254 Å². The summed E-state index contributed by atoms with van der Waals surface area (Å²) in [6, 6.07) is 14.9. The Morgan fingerprint density at radius 2 is 0.658 bits per heavy atom. The zero-order chi connectivity index (χ0) is 82.2. The van der Waals surface area contributed by atoms with E-state index in [9.17, 15) is 68.4 Å². The van der Waals surface area contributed by atoms with E-state index in [1.165, 1.54) is 95.0 Å². The van der Waals surface area contributed by atoms with Crippen LogP contribution in [0.4, 0.5) is 0 Å². The predicted octanol–water partition coefficient (Wildman–Crippen LogP) is -6.39. The summed E-state index contributed by atoms with van der Waals surface area (Å²) in [5.74, 6) is 5.29. The van der Waals surface area contributed by atoms with Gasteiger partial charge in [0.25, 0.3) is 16.6 Å². The molecule has 8 bridgehead atoms. The first-order valence-corrected chi connectivity index (χ1v) is 52.5. The summed E-state index contributed by atoms with van der Waals surface area (Å²) in [4.78, 5) is 62.4. The van der Waals surface area contributed by atoms with Gasteiger partial charge in [-0.15, -0.1) is 0 Å². The van der Waals surface area contributed by atoms with Gasteiger partial charge in [-0.2, -0.15) is 0 Å². The SMILES string of the molecule is C.CS(=O)(=O)O[O-].C[N+]1(CC2CC2)CC[C@]23c4c5ccc(O)c4OC2C(=O)CC[C@@]3(O)[C@H]1C5.C[N+]1(CC2CC2)CC[C@]23c4c5ccc(O)c4OC2C(=O)CC[C@@]3(O)[C@H]1C5.C[N+]1(CC2CC2)CC[C@]23c4c5ccc(O)c4OC2C(=O)CC[C@@]3(O)[C@H]1C5.C[N+]1(CC2CC2)CC[C@]23c4c5ccc([O-])c4OC2C(=O)CC[C@@]3(O)[C@H]1C5.O=CO[O-].[Br-].[Br-].[Na+].[Na][Na]. The van der Waals surface area contributed by atoms with Crippen LogP contribution in [0.3, 0.4) is 0 Å². The molecule has 8 saturated carbocycles. The number of likely N-dealkylation sites (N-methyl/N-ethyl adjacent to an activating group) is 4. The second kappa shape index (κ2) is 32.2. The quantitative estimate of drug-likeness (QED) is 0.0255. The van der Waals surface area contributed by atoms with E-state index in [2.05, 4.69) is 37.4 Å². The van der Waals surface area contributed by atoms with E-state index in [4.69, 9.17) is 34.3 Å². The Hall–Kier alpha value is -3.10. The van der Waals surface area contributed by atoms with Crippen molar-refractivity contribution < 1.29 is 193 Å². The molecule has 8 aliphatic heterocycles. The van der Waals surface area contributed by atoms with Gasteiger partial charge in [-0.3, -0.25) is 24.0 Å². The number of phenolic OH excluding ortho intramolecular Hbond substituents is 3. The Morgan fingerprint density at radius 1 is 0.442 bits per heavy atom. The molecule has 0 radical (unpaired) electrons. The van der Waals surface area contributed by atoms with Crippen LogP contribution in [0.1, 0.15) is 180 Å². The first-order valence-electron chi connectivity index (χ1n) is 42.7. The fourth-order valence-corrected chi connectivity index (χ4v) is 27.7. The third kappa shape index (κ3) is 13.5. The van der Waals surface area contributed by atoms with Crippen molar-refractivity contribution in [3.63, 3.8) is 0 Å². The molecule has 27 nitrogen and oxygen atoms in total. The van der Waals surface area contributed by atoms with Gasteiger partial charge in [-0.1, -0.05) is 43.5 Å². The molecular formula is C87H111Br2N4Na3O23S. The number of rotatable bonds is 10. The number of aromatic hydroxyl groups is 3. The molecule has 7 N–H and O–H groups in total. The van der Waals surface area contributed by atoms with Crippen molar-refractivity contribution in [1.82, 2.24) is 0 Å². The van der Waals surface area contributed by atoms with Crippen LogP contribution in [-0.4, -0.2) is 293 Å². The van der Waals surface area contributed by atoms with Crippen LogP contribution < -0.4 is 98.1 Å². The van der Waals surface area contributed by atoms with Crippen LogP contribution in [0.15, 0.2) is 48.5 Å². The van der Waals surface area contributed by atoms with Gasteiger partial charge < -0.3 is 131 Å². The van der Waals surface area contributed by atoms with Crippen molar-refractivity contribution in [2.24, 2.45) is 23.7 Å². The number of ketones is 4. The van der Waals surface area contributed by atoms with Crippen molar-refractivity contribution in [1.29, 1.82) is 0 Å². The van der Waals surface area contributed by atoms with Crippen LogP contribution in [0.25, 0.3) is 0 Å². The number of carbonyl (C=O) groups is 5. The Kier molecular flexibility index (Phi) is 25.0. The molecule has 12 aliphatic carbocycles. The van der Waals surface area contributed by atoms with Gasteiger partial charge >= 0.3 is 73.2 Å². The number of benzene rings is 4. The number of ether oxygens (including phenoxy) is 4.